The fourth-order valence-electron chi connectivity index (χ4n) is 4.51. The Hall–Kier alpha value is -3.58. The van der Waals surface area contributed by atoms with Gasteiger partial charge in [-0.15, -0.1) is 0 Å². The lowest BCUT2D eigenvalue weighted by Gasteiger charge is -2.22. The van der Waals surface area contributed by atoms with Crippen LogP contribution in [0.1, 0.15) is 29.7 Å². The van der Waals surface area contributed by atoms with Gasteiger partial charge in [0.1, 0.15) is 40.3 Å². The van der Waals surface area contributed by atoms with Gasteiger partial charge in [0.2, 0.25) is 0 Å². The number of aromatic nitrogens is 1. The van der Waals surface area contributed by atoms with Gasteiger partial charge in [-0.1, -0.05) is 48.5 Å². The van der Waals surface area contributed by atoms with Gasteiger partial charge in [0, 0.05) is 17.0 Å². The lowest BCUT2D eigenvalue weighted by Crippen LogP contribution is -2.26. The summed E-state index contributed by atoms with van der Waals surface area (Å²) in [5.41, 5.74) is 3.74. The maximum atomic E-state index is 11.7. The van der Waals surface area contributed by atoms with Crippen molar-refractivity contribution in [2.24, 2.45) is 5.92 Å². The van der Waals surface area contributed by atoms with Crippen LogP contribution < -0.4 is 14.2 Å². The van der Waals surface area contributed by atoms with Gasteiger partial charge >= 0.3 is 0 Å². The quantitative estimate of drug-likeness (QED) is 0.275. The second kappa shape index (κ2) is 11.2. The Morgan fingerprint density at radius 1 is 0.811 bits per heavy atom. The molecule has 0 spiro atoms. The second-order valence-corrected chi connectivity index (χ2v) is 11.8. The number of nitrogens with zero attached hydrogens (tertiary/aromatic N) is 1. The minimum atomic E-state index is -2.87. The first-order valence-electron chi connectivity index (χ1n) is 12.6. The number of para-hydroxylation sites is 1. The number of fused-ring (bicyclic) bond motifs is 1. The number of sulfone groups is 1. The molecule has 0 radical (unpaired) electrons. The van der Waals surface area contributed by atoms with Gasteiger partial charge in [-0.2, -0.15) is 0 Å². The van der Waals surface area contributed by atoms with Crippen LogP contribution in [0.25, 0.3) is 10.9 Å². The first-order valence-corrected chi connectivity index (χ1v) is 14.4. The smallest absolute Gasteiger partial charge is 0.150 e. The molecule has 192 valence electrons. The van der Waals surface area contributed by atoms with E-state index in [0.717, 1.165) is 33.5 Å². The predicted molar refractivity (Wildman–Crippen MR) is 145 cm³/mol. The molecule has 1 aliphatic heterocycles. The summed E-state index contributed by atoms with van der Waals surface area (Å²) in [5.74, 6) is 2.97. The van der Waals surface area contributed by atoms with Gasteiger partial charge in [0.25, 0.3) is 0 Å². The van der Waals surface area contributed by atoms with Crippen molar-refractivity contribution in [2.45, 2.75) is 33.0 Å². The van der Waals surface area contributed by atoms with Crippen LogP contribution >= 0.6 is 0 Å². The lowest BCUT2D eigenvalue weighted by molar-refractivity contribution is 0.235. The molecule has 0 amide bonds. The fraction of sp³-hybridized carbons (Fsp3) is 0.300. The highest BCUT2D eigenvalue weighted by Gasteiger charge is 2.24. The molecule has 0 atom stereocenters. The Kier molecular flexibility index (Phi) is 7.60. The monoisotopic (exact) mass is 517 g/mol. The van der Waals surface area contributed by atoms with Crippen LogP contribution in [-0.2, 0) is 23.1 Å². The highest BCUT2D eigenvalue weighted by Crippen LogP contribution is 2.32. The van der Waals surface area contributed by atoms with Crippen LogP contribution in [0, 0.1) is 12.8 Å². The van der Waals surface area contributed by atoms with E-state index in [2.05, 4.69) is 0 Å². The van der Waals surface area contributed by atoms with Crippen molar-refractivity contribution < 1.29 is 22.6 Å². The van der Waals surface area contributed by atoms with Crippen molar-refractivity contribution >= 4 is 20.7 Å². The van der Waals surface area contributed by atoms with Crippen molar-refractivity contribution in [1.82, 2.24) is 4.98 Å². The first-order chi connectivity index (χ1) is 18.0. The van der Waals surface area contributed by atoms with E-state index < -0.39 is 9.84 Å². The molecule has 1 aromatic heterocycles. The SMILES string of the molecule is Cc1c(COc2cccc(OCC3CCS(=O)(=O)CC3)c2)nc2ccccc2c1OCc1ccccc1. The summed E-state index contributed by atoms with van der Waals surface area (Å²) in [5, 5.41) is 0.977. The number of benzene rings is 3. The van der Waals surface area contributed by atoms with Crippen LogP contribution in [0.4, 0.5) is 0 Å². The standard InChI is InChI=1S/C30H31NO5S/c1-22-29(31-28-13-6-5-12-27(28)30(22)36-20-23-8-3-2-4-9-23)21-35-26-11-7-10-25(18-26)34-19-24-14-16-37(32,33)17-15-24/h2-13,18,24H,14-17,19-21H2,1H3. The van der Waals surface area contributed by atoms with E-state index in [0.29, 0.717) is 44.2 Å². The Balaban J connectivity index is 1.27. The van der Waals surface area contributed by atoms with Crippen LogP contribution in [0.3, 0.4) is 0 Å². The molecule has 1 fully saturated rings. The third kappa shape index (κ3) is 6.41. The van der Waals surface area contributed by atoms with E-state index in [1.54, 1.807) is 0 Å². The summed E-state index contributed by atoms with van der Waals surface area (Å²) in [7, 11) is -2.87. The van der Waals surface area contributed by atoms with Crippen molar-refractivity contribution in [3.63, 3.8) is 0 Å². The molecule has 0 saturated carbocycles. The van der Waals surface area contributed by atoms with Crippen molar-refractivity contribution in [1.29, 1.82) is 0 Å². The molecule has 0 unspecified atom stereocenters. The number of ether oxygens (including phenoxy) is 3. The first kappa shape index (κ1) is 25.1. The minimum Gasteiger partial charge on any atom is -0.493 e. The molecule has 1 saturated heterocycles. The molecule has 3 aromatic carbocycles. The van der Waals surface area contributed by atoms with Gasteiger partial charge in [-0.25, -0.2) is 13.4 Å². The zero-order valence-corrected chi connectivity index (χ0v) is 21.7. The molecule has 5 rings (SSSR count). The van der Waals surface area contributed by atoms with E-state index in [9.17, 15) is 8.42 Å². The number of hydrogen-bond acceptors (Lipinski definition) is 6. The minimum absolute atomic E-state index is 0.249. The van der Waals surface area contributed by atoms with Gasteiger partial charge in [0.05, 0.1) is 29.3 Å². The molecule has 4 aromatic rings. The largest absolute Gasteiger partial charge is 0.493 e. The Labute approximate surface area is 218 Å². The third-order valence-corrected chi connectivity index (χ3v) is 8.46. The van der Waals surface area contributed by atoms with E-state index in [1.807, 2.05) is 85.8 Å². The van der Waals surface area contributed by atoms with Crippen molar-refractivity contribution in [3.05, 3.63) is 95.7 Å². The second-order valence-electron chi connectivity index (χ2n) is 9.47. The number of hydrogen-bond donors (Lipinski definition) is 0. The summed E-state index contributed by atoms with van der Waals surface area (Å²) < 4.78 is 41.7. The predicted octanol–water partition coefficient (Wildman–Crippen LogP) is 5.90. The van der Waals surface area contributed by atoms with Crippen molar-refractivity contribution in [2.75, 3.05) is 18.1 Å². The molecule has 37 heavy (non-hydrogen) atoms. The van der Waals surface area contributed by atoms with E-state index in [-0.39, 0.29) is 17.4 Å². The van der Waals surface area contributed by atoms with Gasteiger partial charge in [-0.05, 0) is 55.5 Å². The molecular formula is C30H31NO5S. The molecule has 2 heterocycles. The van der Waals surface area contributed by atoms with Crippen LogP contribution in [-0.4, -0.2) is 31.5 Å². The summed E-state index contributed by atoms with van der Waals surface area (Å²) in [6.45, 7) is 3.29. The maximum absolute atomic E-state index is 11.7. The van der Waals surface area contributed by atoms with Crippen molar-refractivity contribution in [3.8, 4) is 17.2 Å². The summed E-state index contributed by atoms with van der Waals surface area (Å²) >= 11 is 0. The molecule has 7 heteroatoms. The fourth-order valence-corrected chi connectivity index (χ4v) is 6.10. The maximum Gasteiger partial charge on any atom is 0.150 e. The lowest BCUT2D eigenvalue weighted by atomic mass is 10.0. The van der Waals surface area contributed by atoms with Crippen LogP contribution in [0.15, 0.2) is 78.9 Å². The molecular weight excluding hydrogens is 486 g/mol. The number of pyridine rings is 1. The molecule has 0 bridgehead atoms. The van der Waals surface area contributed by atoms with Gasteiger partial charge in [-0.3, -0.25) is 0 Å². The zero-order valence-electron chi connectivity index (χ0n) is 20.9. The van der Waals surface area contributed by atoms with E-state index >= 15 is 0 Å². The Morgan fingerprint density at radius 2 is 1.51 bits per heavy atom. The topological polar surface area (TPSA) is 74.7 Å². The Bertz CT molecular complexity index is 1460. The van der Waals surface area contributed by atoms with Gasteiger partial charge in [0.15, 0.2) is 0 Å². The van der Waals surface area contributed by atoms with E-state index in [4.69, 9.17) is 19.2 Å². The van der Waals surface area contributed by atoms with E-state index in [1.165, 1.54) is 0 Å². The zero-order chi connectivity index (χ0) is 25.7. The highest BCUT2D eigenvalue weighted by molar-refractivity contribution is 7.91. The summed E-state index contributed by atoms with van der Waals surface area (Å²) in [6, 6.07) is 25.6. The molecule has 1 aliphatic rings. The normalized spacial score (nSPS) is 15.4. The summed E-state index contributed by atoms with van der Waals surface area (Å²) in [6.07, 6.45) is 1.31. The average Bonchev–Trinajstić information content (AvgIpc) is 2.92. The summed E-state index contributed by atoms with van der Waals surface area (Å²) in [4.78, 5) is 4.85. The molecule has 0 N–H and O–H groups in total. The van der Waals surface area contributed by atoms with Gasteiger partial charge < -0.3 is 14.2 Å². The average molecular weight is 518 g/mol. The Morgan fingerprint density at radius 3 is 2.30 bits per heavy atom. The third-order valence-electron chi connectivity index (χ3n) is 6.74. The molecule has 6 nitrogen and oxygen atoms in total. The number of rotatable bonds is 9. The van der Waals surface area contributed by atoms with Crippen LogP contribution in [0.2, 0.25) is 0 Å². The van der Waals surface area contributed by atoms with Crippen LogP contribution in [0.5, 0.6) is 17.2 Å². The highest BCUT2D eigenvalue weighted by atomic mass is 32.2. The molecule has 0 aliphatic carbocycles.